The van der Waals surface area contributed by atoms with E-state index in [1.165, 1.54) is 0 Å². The number of nitrogens with one attached hydrogen (secondary N) is 2. The molecule has 4 nitrogen and oxygen atoms in total. The van der Waals surface area contributed by atoms with Crippen molar-refractivity contribution < 1.29 is 4.79 Å². The second-order valence-corrected chi connectivity index (χ2v) is 5.70. The fraction of sp³-hybridized carbons (Fsp3) is 0.0526. The number of carbonyl (C=O) groups is 1. The minimum absolute atomic E-state index is 0.0930. The Morgan fingerprint density at radius 2 is 1.83 bits per heavy atom. The molecule has 0 saturated heterocycles. The molecular weight excluding hydrogens is 322 g/mol. The van der Waals surface area contributed by atoms with Crippen LogP contribution in [0.1, 0.15) is 5.56 Å². The smallest absolute Gasteiger partial charge is 0.243 e. The lowest BCUT2D eigenvalue weighted by atomic mass is 10.1. The Balaban J connectivity index is 1.67. The van der Waals surface area contributed by atoms with E-state index in [-0.39, 0.29) is 12.5 Å². The van der Waals surface area contributed by atoms with E-state index >= 15 is 0 Å². The summed E-state index contributed by atoms with van der Waals surface area (Å²) in [5.41, 5.74) is 1.64. The van der Waals surface area contributed by atoms with Crippen LogP contribution in [0, 0.1) is 11.3 Å². The Labute approximate surface area is 144 Å². The van der Waals surface area contributed by atoms with Crippen molar-refractivity contribution >= 4 is 39.7 Å². The maximum atomic E-state index is 12.1. The number of rotatable bonds is 4. The first-order chi connectivity index (χ1) is 11.7. The molecule has 5 heteroatoms. The number of amides is 1. The first-order valence-corrected chi connectivity index (χ1v) is 7.76. The summed E-state index contributed by atoms with van der Waals surface area (Å²) >= 11 is 5.91. The number of hydrogen-bond donors (Lipinski definition) is 2. The first-order valence-electron chi connectivity index (χ1n) is 7.38. The molecule has 118 valence electrons. The first kappa shape index (κ1) is 15.9. The van der Waals surface area contributed by atoms with Gasteiger partial charge in [-0.1, -0.05) is 41.9 Å². The van der Waals surface area contributed by atoms with E-state index < -0.39 is 0 Å². The van der Waals surface area contributed by atoms with Crippen LogP contribution in [0.3, 0.4) is 0 Å². The summed E-state index contributed by atoms with van der Waals surface area (Å²) in [6.07, 6.45) is 0. The quantitative estimate of drug-likeness (QED) is 0.742. The number of carbonyl (C=O) groups excluding carboxylic acids is 1. The Hall–Kier alpha value is -3.03. The maximum Gasteiger partial charge on any atom is 0.243 e. The molecule has 0 fully saturated rings. The molecule has 0 aromatic heterocycles. The lowest BCUT2D eigenvalue weighted by molar-refractivity contribution is -0.114. The predicted molar refractivity (Wildman–Crippen MR) is 97.2 cm³/mol. The third-order valence-corrected chi connectivity index (χ3v) is 3.81. The highest BCUT2D eigenvalue weighted by atomic mass is 35.5. The molecule has 0 aliphatic heterocycles. The minimum Gasteiger partial charge on any atom is -0.376 e. The van der Waals surface area contributed by atoms with Crippen LogP contribution >= 0.6 is 11.6 Å². The van der Waals surface area contributed by atoms with Gasteiger partial charge in [-0.3, -0.25) is 4.79 Å². The Bertz CT molecular complexity index is 947. The number of fused-ring (bicyclic) bond motifs is 1. The molecule has 3 aromatic carbocycles. The fourth-order valence-electron chi connectivity index (χ4n) is 2.39. The van der Waals surface area contributed by atoms with E-state index in [1.807, 2.05) is 48.5 Å². The molecule has 0 spiro atoms. The lowest BCUT2D eigenvalue weighted by Crippen LogP contribution is -2.22. The van der Waals surface area contributed by atoms with Gasteiger partial charge in [-0.05, 0) is 41.1 Å². The summed E-state index contributed by atoms with van der Waals surface area (Å²) in [6, 6.07) is 20.7. The molecule has 0 bridgehead atoms. The van der Waals surface area contributed by atoms with Crippen molar-refractivity contribution in [2.24, 2.45) is 0 Å². The highest BCUT2D eigenvalue weighted by Gasteiger charge is 2.08. The SMILES string of the molecule is N#Cc1ccc(Cl)cc1NC(=O)CNc1ccc2ccccc2c1. The molecule has 2 N–H and O–H groups in total. The summed E-state index contributed by atoms with van der Waals surface area (Å²) in [6.45, 7) is 0.0930. The number of hydrogen-bond acceptors (Lipinski definition) is 3. The second-order valence-electron chi connectivity index (χ2n) is 5.27. The van der Waals surface area contributed by atoms with Crippen LogP contribution in [0.25, 0.3) is 10.8 Å². The average molecular weight is 336 g/mol. The zero-order chi connectivity index (χ0) is 16.9. The van der Waals surface area contributed by atoms with Crippen molar-refractivity contribution in [1.29, 1.82) is 5.26 Å². The van der Waals surface area contributed by atoms with Gasteiger partial charge >= 0.3 is 0 Å². The largest absolute Gasteiger partial charge is 0.376 e. The van der Waals surface area contributed by atoms with E-state index in [2.05, 4.69) is 10.6 Å². The van der Waals surface area contributed by atoms with Crippen molar-refractivity contribution in [3.63, 3.8) is 0 Å². The van der Waals surface area contributed by atoms with Crippen LogP contribution in [0.5, 0.6) is 0 Å². The lowest BCUT2D eigenvalue weighted by Gasteiger charge is -2.10. The van der Waals surface area contributed by atoms with E-state index in [1.54, 1.807) is 18.2 Å². The summed E-state index contributed by atoms with van der Waals surface area (Å²) in [7, 11) is 0. The van der Waals surface area contributed by atoms with Crippen molar-refractivity contribution in [1.82, 2.24) is 0 Å². The standard InChI is InChI=1S/C19H14ClN3O/c20-16-7-5-15(11-21)18(10-16)23-19(24)12-22-17-8-6-13-3-1-2-4-14(13)9-17/h1-10,22H,12H2,(H,23,24). The zero-order valence-electron chi connectivity index (χ0n) is 12.7. The van der Waals surface area contributed by atoms with Crippen LogP contribution in [0.2, 0.25) is 5.02 Å². The monoisotopic (exact) mass is 335 g/mol. The molecule has 0 aliphatic carbocycles. The molecule has 0 radical (unpaired) electrons. The van der Waals surface area contributed by atoms with Crippen LogP contribution < -0.4 is 10.6 Å². The molecule has 0 aliphatic rings. The molecule has 3 rings (SSSR count). The van der Waals surface area contributed by atoms with Gasteiger partial charge in [0.1, 0.15) is 6.07 Å². The van der Waals surface area contributed by atoms with Crippen LogP contribution in [0.4, 0.5) is 11.4 Å². The number of nitriles is 1. The average Bonchev–Trinajstić information content (AvgIpc) is 2.60. The normalized spacial score (nSPS) is 10.2. The van der Waals surface area contributed by atoms with E-state index in [0.717, 1.165) is 16.5 Å². The number of anilines is 2. The molecule has 3 aromatic rings. The third kappa shape index (κ3) is 3.65. The molecule has 0 heterocycles. The highest BCUT2D eigenvalue weighted by Crippen LogP contribution is 2.21. The summed E-state index contributed by atoms with van der Waals surface area (Å²) < 4.78 is 0. The van der Waals surface area contributed by atoms with Gasteiger partial charge in [-0.2, -0.15) is 5.26 Å². The van der Waals surface area contributed by atoms with Crippen molar-refractivity contribution in [3.05, 3.63) is 71.2 Å². The minimum atomic E-state index is -0.248. The van der Waals surface area contributed by atoms with Gasteiger partial charge in [0.15, 0.2) is 0 Å². The molecule has 0 unspecified atom stereocenters. The van der Waals surface area contributed by atoms with Crippen molar-refractivity contribution in [2.75, 3.05) is 17.2 Å². The van der Waals surface area contributed by atoms with Gasteiger partial charge in [0.05, 0.1) is 17.8 Å². The molecule has 0 atom stereocenters. The van der Waals surface area contributed by atoms with Crippen LogP contribution in [-0.4, -0.2) is 12.5 Å². The Kier molecular flexibility index (Phi) is 4.64. The number of halogens is 1. The van der Waals surface area contributed by atoms with Crippen molar-refractivity contribution in [2.45, 2.75) is 0 Å². The predicted octanol–water partition coefficient (Wildman–Crippen LogP) is 4.42. The van der Waals surface area contributed by atoms with Gasteiger partial charge in [0.2, 0.25) is 5.91 Å². The fourth-order valence-corrected chi connectivity index (χ4v) is 2.57. The Morgan fingerprint density at radius 3 is 2.62 bits per heavy atom. The zero-order valence-corrected chi connectivity index (χ0v) is 13.5. The van der Waals surface area contributed by atoms with Gasteiger partial charge < -0.3 is 10.6 Å². The topological polar surface area (TPSA) is 64.9 Å². The summed E-state index contributed by atoms with van der Waals surface area (Å²) in [5.74, 6) is -0.248. The molecule has 1 amide bonds. The summed E-state index contributed by atoms with van der Waals surface area (Å²) in [4.78, 5) is 12.1. The number of benzene rings is 3. The Morgan fingerprint density at radius 1 is 1.04 bits per heavy atom. The highest BCUT2D eigenvalue weighted by molar-refractivity contribution is 6.31. The molecule has 0 saturated carbocycles. The van der Waals surface area contributed by atoms with Gasteiger partial charge in [0.25, 0.3) is 0 Å². The van der Waals surface area contributed by atoms with Crippen LogP contribution in [0.15, 0.2) is 60.7 Å². The third-order valence-electron chi connectivity index (χ3n) is 3.58. The van der Waals surface area contributed by atoms with Crippen molar-refractivity contribution in [3.8, 4) is 6.07 Å². The number of nitrogens with zero attached hydrogens (tertiary/aromatic N) is 1. The molecular formula is C19H14ClN3O. The van der Waals surface area contributed by atoms with E-state index in [0.29, 0.717) is 16.3 Å². The van der Waals surface area contributed by atoms with E-state index in [4.69, 9.17) is 16.9 Å². The van der Waals surface area contributed by atoms with Gasteiger partial charge in [-0.25, -0.2) is 0 Å². The second kappa shape index (κ2) is 7.03. The van der Waals surface area contributed by atoms with Gasteiger partial charge in [-0.15, -0.1) is 0 Å². The van der Waals surface area contributed by atoms with E-state index in [9.17, 15) is 4.79 Å². The van der Waals surface area contributed by atoms with Crippen LogP contribution in [-0.2, 0) is 4.79 Å². The van der Waals surface area contributed by atoms with Gasteiger partial charge in [0, 0.05) is 10.7 Å². The molecule has 24 heavy (non-hydrogen) atoms. The maximum absolute atomic E-state index is 12.1. The summed E-state index contributed by atoms with van der Waals surface area (Å²) in [5, 5.41) is 17.6.